The molecule has 0 radical (unpaired) electrons. The Hall–Kier alpha value is -2.70. The van der Waals surface area contributed by atoms with Gasteiger partial charge in [0.2, 0.25) is 5.95 Å². The number of fused-ring (bicyclic) bond motifs is 1. The van der Waals surface area contributed by atoms with Gasteiger partial charge < -0.3 is 15.2 Å². The molecule has 0 spiro atoms. The first kappa shape index (κ1) is 17.7. The highest BCUT2D eigenvalue weighted by Crippen LogP contribution is 2.32. The molecule has 0 aliphatic heterocycles. The molecular formula is C20H27N7. The Bertz CT molecular complexity index is 869. The molecule has 0 aromatic carbocycles. The van der Waals surface area contributed by atoms with Crippen molar-refractivity contribution in [2.75, 3.05) is 17.2 Å². The van der Waals surface area contributed by atoms with Gasteiger partial charge in [-0.05, 0) is 30.9 Å². The number of aromatic nitrogens is 5. The van der Waals surface area contributed by atoms with Gasteiger partial charge in [-0.25, -0.2) is 4.98 Å². The molecule has 3 aromatic rings. The van der Waals surface area contributed by atoms with Crippen LogP contribution in [0.15, 0.2) is 30.9 Å². The quantitative estimate of drug-likeness (QED) is 0.654. The van der Waals surface area contributed by atoms with Gasteiger partial charge in [0.25, 0.3) is 0 Å². The van der Waals surface area contributed by atoms with Crippen LogP contribution in [0.1, 0.15) is 57.1 Å². The van der Waals surface area contributed by atoms with Crippen LogP contribution in [0, 0.1) is 0 Å². The monoisotopic (exact) mass is 365 g/mol. The van der Waals surface area contributed by atoms with E-state index in [1.54, 1.807) is 6.20 Å². The molecule has 0 unspecified atom stereocenters. The van der Waals surface area contributed by atoms with Crippen LogP contribution in [0.2, 0.25) is 0 Å². The molecule has 0 bridgehead atoms. The Balaban J connectivity index is 1.65. The van der Waals surface area contributed by atoms with Crippen LogP contribution in [-0.2, 0) is 6.54 Å². The van der Waals surface area contributed by atoms with Crippen LogP contribution in [0.4, 0.5) is 11.8 Å². The minimum atomic E-state index is 0.490. The SMILES string of the molecule is CCCNc1nc(NCc2cccnc2)nc2c1ncn2C1CCCCC1. The lowest BCUT2D eigenvalue weighted by molar-refractivity contribution is 0.358. The van der Waals surface area contributed by atoms with E-state index >= 15 is 0 Å². The zero-order valence-corrected chi connectivity index (χ0v) is 15.9. The van der Waals surface area contributed by atoms with Crippen LogP contribution in [0.25, 0.3) is 11.2 Å². The first-order valence-electron chi connectivity index (χ1n) is 9.96. The van der Waals surface area contributed by atoms with E-state index in [0.717, 1.165) is 35.5 Å². The van der Waals surface area contributed by atoms with Crippen molar-refractivity contribution in [2.45, 2.75) is 58.0 Å². The topological polar surface area (TPSA) is 80.6 Å². The third-order valence-electron chi connectivity index (χ3n) is 5.11. The van der Waals surface area contributed by atoms with Crippen molar-refractivity contribution in [2.24, 2.45) is 0 Å². The zero-order valence-electron chi connectivity index (χ0n) is 15.9. The minimum absolute atomic E-state index is 0.490. The van der Waals surface area contributed by atoms with E-state index in [4.69, 9.17) is 4.98 Å². The Morgan fingerprint density at radius 3 is 2.81 bits per heavy atom. The van der Waals surface area contributed by atoms with Gasteiger partial charge in [0.1, 0.15) is 0 Å². The van der Waals surface area contributed by atoms with E-state index < -0.39 is 0 Å². The van der Waals surface area contributed by atoms with Crippen LogP contribution >= 0.6 is 0 Å². The lowest BCUT2D eigenvalue weighted by atomic mass is 9.95. The van der Waals surface area contributed by atoms with Crippen molar-refractivity contribution in [1.82, 2.24) is 24.5 Å². The van der Waals surface area contributed by atoms with Gasteiger partial charge in [-0.2, -0.15) is 9.97 Å². The van der Waals surface area contributed by atoms with Crippen molar-refractivity contribution in [3.63, 3.8) is 0 Å². The number of imidazole rings is 1. The van der Waals surface area contributed by atoms with Gasteiger partial charge >= 0.3 is 0 Å². The summed E-state index contributed by atoms with van der Waals surface area (Å²) in [5, 5.41) is 6.76. The summed E-state index contributed by atoms with van der Waals surface area (Å²) in [7, 11) is 0. The van der Waals surface area contributed by atoms with Gasteiger partial charge in [0.15, 0.2) is 17.0 Å². The molecule has 0 atom stereocenters. The van der Waals surface area contributed by atoms with Gasteiger partial charge in [-0.3, -0.25) is 4.98 Å². The van der Waals surface area contributed by atoms with Crippen LogP contribution < -0.4 is 10.6 Å². The average Bonchev–Trinajstić information content (AvgIpc) is 3.16. The predicted octanol–water partition coefficient (Wildman–Crippen LogP) is 4.16. The second kappa shape index (κ2) is 8.33. The van der Waals surface area contributed by atoms with E-state index in [2.05, 4.69) is 37.1 Å². The minimum Gasteiger partial charge on any atom is -0.368 e. The molecule has 142 valence electrons. The van der Waals surface area contributed by atoms with Crippen molar-refractivity contribution in [1.29, 1.82) is 0 Å². The number of nitrogens with one attached hydrogen (secondary N) is 2. The molecule has 0 saturated heterocycles. The number of hydrogen-bond acceptors (Lipinski definition) is 6. The third-order valence-corrected chi connectivity index (χ3v) is 5.11. The molecular weight excluding hydrogens is 338 g/mol. The molecule has 0 amide bonds. The summed E-state index contributed by atoms with van der Waals surface area (Å²) < 4.78 is 2.25. The highest BCUT2D eigenvalue weighted by Gasteiger charge is 2.20. The maximum absolute atomic E-state index is 4.81. The second-order valence-corrected chi connectivity index (χ2v) is 7.15. The fourth-order valence-corrected chi connectivity index (χ4v) is 3.67. The van der Waals surface area contributed by atoms with Crippen LogP contribution in [0.3, 0.4) is 0 Å². The molecule has 1 aliphatic carbocycles. The highest BCUT2D eigenvalue weighted by atomic mass is 15.2. The number of nitrogens with zero attached hydrogens (tertiary/aromatic N) is 5. The summed E-state index contributed by atoms with van der Waals surface area (Å²) in [5.41, 5.74) is 2.88. The summed E-state index contributed by atoms with van der Waals surface area (Å²) >= 11 is 0. The number of hydrogen-bond donors (Lipinski definition) is 2. The first-order valence-corrected chi connectivity index (χ1v) is 9.96. The molecule has 4 rings (SSSR count). The average molecular weight is 365 g/mol. The highest BCUT2D eigenvalue weighted by molar-refractivity contribution is 5.84. The van der Waals surface area contributed by atoms with Crippen molar-refractivity contribution < 1.29 is 0 Å². The predicted molar refractivity (Wildman–Crippen MR) is 108 cm³/mol. The summed E-state index contributed by atoms with van der Waals surface area (Å²) in [6.45, 7) is 3.65. The van der Waals surface area contributed by atoms with E-state index in [-0.39, 0.29) is 0 Å². The Morgan fingerprint density at radius 1 is 1.15 bits per heavy atom. The molecule has 3 aromatic heterocycles. The summed E-state index contributed by atoms with van der Waals surface area (Å²) in [4.78, 5) is 18.3. The van der Waals surface area contributed by atoms with Crippen molar-refractivity contribution in [3.8, 4) is 0 Å². The summed E-state index contributed by atoms with van der Waals surface area (Å²) in [5.74, 6) is 1.44. The fourth-order valence-electron chi connectivity index (χ4n) is 3.67. The van der Waals surface area contributed by atoms with Crippen LogP contribution in [0.5, 0.6) is 0 Å². The standard InChI is InChI=1S/C20H27N7/c1-2-10-22-18-17-19(27(14-24-17)16-8-4-3-5-9-16)26-20(25-18)23-13-15-7-6-11-21-12-15/h6-7,11-12,14,16H,2-5,8-10,13H2,1H3,(H2,22,23,25,26). The zero-order chi connectivity index (χ0) is 18.5. The Labute approximate surface area is 159 Å². The summed E-state index contributed by atoms with van der Waals surface area (Å²) in [6.07, 6.45) is 12.9. The molecule has 3 heterocycles. The van der Waals surface area contributed by atoms with E-state index in [0.29, 0.717) is 18.5 Å². The van der Waals surface area contributed by atoms with E-state index in [9.17, 15) is 0 Å². The third kappa shape index (κ3) is 4.02. The Morgan fingerprint density at radius 2 is 2.04 bits per heavy atom. The molecule has 7 heteroatoms. The van der Waals surface area contributed by atoms with Gasteiger partial charge in [0.05, 0.1) is 6.33 Å². The second-order valence-electron chi connectivity index (χ2n) is 7.15. The van der Waals surface area contributed by atoms with Gasteiger partial charge in [0, 0.05) is 31.5 Å². The van der Waals surface area contributed by atoms with Gasteiger partial charge in [-0.1, -0.05) is 32.3 Å². The molecule has 1 saturated carbocycles. The number of rotatable bonds is 7. The first-order chi connectivity index (χ1) is 13.3. The maximum atomic E-state index is 4.81. The fraction of sp³-hybridized carbons (Fsp3) is 0.500. The van der Waals surface area contributed by atoms with Crippen molar-refractivity contribution >= 4 is 22.9 Å². The lowest BCUT2D eigenvalue weighted by Crippen LogP contribution is -2.14. The number of pyridine rings is 1. The molecule has 7 nitrogen and oxygen atoms in total. The molecule has 2 N–H and O–H groups in total. The molecule has 1 fully saturated rings. The largest absolute Gasteiger partial charge is 0.368 e. The Kier molecular flexibility index (Phi) is 5.46. The molecule has 1 aliphatic rings. The van der Waals surface area contributed by atoms with Gasteiger partial charge in [-0.15, -0.1) is 0 Å². The van der Waals surface area contributed by atoms with Crippen molar-refractivity contribution in [3.05, 3.63) is 36.4 Å². The maximum Gasteiger partial charge on any atom is 0.227 e. The van der Waals surface area contributed by atoms with E-state index in [1.165, 1.54) is 32.1 Å². The summed E-state index contributed by atoms with van der Waals surface area (Å²) in [6, 6.07) is 4.47. The normalized spacial score (nSPS) is 15.1. The van der Waals surface area contributed by atoms with E-state index in [1.807, 2.05) is 24.7 Å². The smallest absolute Gasteiger partial charge is 0.227 e. The lowest BCUT2D eigenvalue weighted by Gasteiger charge is -2.23. The van der Waals surface area contributed by atoms with Crippen LogP contribution in [-0.4, -0.2) is 31.0 Å². The molecule has 27 heavy (non-hydrogen) atoms. The number of anilines is 2.